The van der Waals surface area contributed by atoms with Gasteiger partial charge in [0, 0.05) is 28.8 Å². The highest BCUT2D eigenvalue weighted by atomic mass is 16.1. The molecule has 6 nitrogen and oxygen atoms in total. The smallest absolute Gasteiger partial charge is 0.164 e. The molecule has 2 atom stereocenters. The van der Waals surface area contributed by atoms with Gasteiger partial charge in [-0.2, -0.15) is 20.4 Å². The van der Waals surface area contributed by atoms with Gasteiger partial charge in [-0.15, -0.1) is 0 Å². The monoisotopic (exact) mass is 399 g/mol. The summed E-state index contributed by atoms with van der Waals surface area (Å²) in [5.41, 5.74) is 5.54. The molecule has 2 aromatic rings. The predicted octanol–water partition coefficient (Wildman–Crippen LogP) is 4.71. The van der Waals surface area contributed by atoms with Crippen molar-refractivity contribution in [3.8, 4) is 11.1 Å². The molecule has 152 valence electrons. The van der Waals surface area contributed by atoms with E-state index in [-0.39, 0.29) is 17.4 Å². The van der Waals surface area contributed by atoms with E-state index in [9.17, 15) is 4.79 Å². The highest BCUT2D eigenvalue weighted by Gasteiger charge is 2.52. The second-order valence-electron chi connectivity index (χ2n) is 9.13. The van der Waals surface area contributed by atoms with Crippen molar-refractivity contribution >= 4 is 5.78 Å². The third-order valence-corrected chi connectivity index (χ3v) is 6.58. The zero-order valence-electron chi connectivity index (χ0n) is 17.5. The Labute approximate surface area is 176 Å². The van der Waals surface area contributed by atoms with Crippen molar-refractivity contribution in [2.75, 3.05) is 0 Å². The zero-order chi connectivity index (χ0) is 20.9. The third kappa shape index (κ3) is 2.74. The van der Waals surface area contributed by atoms with Crippen molar-refractivity contribution in [1.82, 2.24) is 15.5 Å². The minimum Gasteiger partial charge on any atom is -0.362 e. The molecule has 0 bridgehead atoms. The molecule has 1 aromatic heterocycles. The first kappa shape index (κ1) is 18.9. The van der Waals surface area contributed by atoms with E-state index < -0.39 is 5.41 Å². The lowest BCUT2D eigenvalue weighted by Gasteiger charge is -2.47. The highest BCUT2D eigenvalue weighted by Crippen LogP contribution is 2.53. The lowest BCUT2D eigenvalue weighted by atomic mass is 9.58. The van der Waals surface area contributed by atoms with Crippen molar-refractivity contribution in [3.05, 3.63) is 71.3 Å². The third-order valence-electron chi connectivity index (χ3n) is 6.58. The molecule has 6 heteroatoms. The molecule has 1 aliphatic carbocycles. The topological polar surface area (TPSA) is 79.6 Å². The van der Waals surface area contributed by atoms with E-state index in [0.717, 1.165) is 46.4 Å². The van der Waals surface area contributed by atoms with E-state index in [1.165, 1.54) is 0 Å². The van der Waals surface area contributed by atoms with Crippen LogP contribution in [0.1, 0.15) is 45.6 Å². The maximum Gasteiger partial charge on any atom is 0.164 e. The van der Waals surface area contributed by atoms with E-state index in [1.54, 1.807) is 12.4 Å². The quantitative estimate of drug-likeness (QED) is 0.810. The van der Waals surface area contributed by atoms with Gasteiger partial charge < -0.3 is 5.32 Å². The van der Waals surface area contributed by atoms with Crippen LogP contribution in [-0.2, 0) is 10.2 Å². The summed E-state index contributed by atoms with van der Waals surface area (Å²) in [6, 6.07) is 10.4. The molecule has 0 spiro atoms. The molecule has 0 radical (unpaired) electrons. The minimum absolute atomic E-state index is 0.0656. The van der Waals surface area contributed by atoms with Gasteiger partial charge in [0.05, 0.1) is 24.0 Å². The number of ketones is 1. The standard InChI is InChI=1S/C24H25N5O/c1-4-24(17-7-5-6-15(10-17)16-8-9-25-26-13-16)18-14-27-29-22(18)28-19-11-23(2,3)12-20(30)21(19)24/h5-10,13-14,22,28H,4,11-12H2,1-3H3/t22?,24-/m0/s1. The number of nitrogens with zero attached hydrogens (tertiary/aromatic N) is 4. The largest absolute Gasteiger partial charge is 0.362 e. The van der Waals surface area contributed by atoms with Crippen LogP contribution in [0.3, 0.4) is 0 Å². The van der Waals surface area contributed by atoms with Crippen LogP contribution in [-0.4, -0.2) is 22.1 Å². The summed E-state index contributed by atoms with van der Waals surface area (Å²) in [5, 5.41) is 20.1. The number of aromatic nitrogens is 2. The lowest BCUT2D eigenvalue weighted by Crippen LogP contribution is -2.51. The van der Waals surface area contributed by atoms with Crippen molar-refractivity contribution in [2.24, 2.45) is 15.6 Å². The first-order chi connectivity index (χ1) is 14.4. The zero-order valence-corrected chi connectivity index (χ0v) is 17.5. The molecule has 1 unspecified atom stereocenters. The van der Waals surface area contributed by atoms with Crippen LogP contribution >= 0.6 is 0 Å². The number of carbonyl (C=O) groups is 1. The minimum atomic E-state index is -0.529. The molecule has 1 N–H and O–H groups in total. The fourth-order valence-corrected chi connectivity index (χ4v) is 5.32. The second-order valence-corrected chi connectivity index (χ2v) is 9.13. The molecule has 1 aromatic carbocycles. The van der Waals surface area contributed by atoms with Crippen LogP contribution in [0.25, 0.3) is 11.1 Å². The Morgan fingerprint density at radius 2 is 2.00 bits per heavy atom. The summed E-state index contributed by atoms with van der Waals surface area (Å²) in [4.78, 5) is 13.5. The van der Waals surface area contributed by atoms with Gasteiger partial charge in [0.25, 0.3) is 0 Å². The first-order valence-electron chi connectivity index (χ1n) is 10.5. The average molecular weight is 399 g/mol. The number of hydrogen-bond acceptors (Lipinski definition) is 6. The Hall–Kier alpha value is -3.15. The van der Waals surface area contributed by atoms with Crippen molar-refractivity contribution in [1.29, 1.82) is 0 Å². The molecule has 30 heavy (non-hydrogen) atoms. The lowest BCUT2D eigenvalue weighted by molar-refractivity contribution is -0.119. The maximum atomic E-state index is 13.5. The number of carbonyl (C=O) groups excluding carboxylic acids is 1. The molecule has 2 aliphatic heterocycles. The Kier molecular flexibility index (Phi) is 4.20. The molecule has 3 heterocycles. The van der Waals surface area contributed by atoms with Crippen LogP contribution < -0.4 is 5.32 Å². The summed E-state index contributed by atoms with van der Waals surface area (Å²) in [5.74, 6) is 0.220. The van der Waals surface area contributed by atoms with Gasteiger partial charge in [-0.1, -0.05) is 39.0 Å². The van der Waals surface area contributed by atoms with Crippen LogP contribution in [0.5, 0.6) is 0 Å². The Balaban J connectivity index is 1.74. The van der Waals surface area contributed by atoms with Crippen molar-refractivity contribution in [3.63, 3.8) is 0 Å². The summed E-state index contributed by atoms with van der Waals surface area (Å²) >= 11 is 0. The van der Waals surface area contributed by atoms with Gasteiger partial charge in [0.2, 0.25) is 0 Å². The van der Waals surface area contributed by atoms with Gasteiger partial charge in [-0.05, 0) is 41.5 Å². The molecular formula is C24H25N5O. The Morgan fingerprint density at radius 1 is 1.13 bits per heavy atom. The summed E-state index contributed by atoms with van der Waals surface area (Å²) in [7, 11) is 0. The summed E-state index contributed by atoms with van der Waals surface area (Å²) in [6.45, 7) is 6.46. The van der Waals surface area contributed by atoms with Crippen LogP contribution in [0.4, 0.5) is 0 Å². The number of allylic oxidation sites excluding steroid dienone is 2. The predicted molar refractivity (Wildman–Crippen MR) is 114 cm³/mol. The second kappa shape index (κ2) is 6.69. The van der Waals surface area contributed by atoms with E-state index in [2.05, 4.69) is 70.8 Å². The highest BCUT2D eigenvalue weighted by molar-refractivity contribution is 6.01. The van der Waals surface area contributed by atoms with Crippen molar-refractivity contribution < 1.29 is 4.79 Å². The molecule has 0 saturated heterocycles. The van der Waals surface area contributed by atoms with Crippen molar-refractivity contribution in [2.45, 2.75) is 51.6 Å². The van der Waals surface area contributed by atoms with Gasteiger partial charge in [0.1, 0.15) is 0 Å². The van der Waals surface area contributed by atoms with E-state index >= 15 is 0 Å². The average Bonchev–Trinajstić information content (AvgIpc) is 3.21. The number of hydrogen-bond donors (Lipinski definition) is 1. The fourth-order valence-electron chi connectivity index (χ4n) is 5.32. The Morgan fingerprint density at radius 3 is 2.77 bits per heavy atom. The summed E-state index contributed by atoms with van der Waals surface area (Å²) < 4.78 is 0. The number of Topliss-reactive ketones (excluding diaryl/α,β-unsaturated/α-hetero) is 1. The Bertz CT molecular complexity index is 1120. The van der Waals surface area contributed by atoms with Gasteiger partial charge in [0.15, 0.2) is 11.9 Å². The molecule has 0 saturated carbocycles. The number of rotatable bonds is 3. The molecule has 5 rings (SSSR count). The van der Waals surface area contributed by atoms with E-state index in [0.29, 0.717) is 6.42 Å². The normalized spacial score (nSPS) is 26.7. The van der Waals surface area contributed by atoms with E-state index in [1.807, 2.05) is 12.3 Å². The molecular weight excluding hydrogens is 374 g/mol. The van der Waals surface area contributed by atoms with Crippen LogP contribution in [0.15, 0.2) is 76.0 Å². The summed E-state index contributed by atoms with van der Waals surface area (Å²) in [6.07, 6.45) is 7.25. The number of azo groups is 1. The first-order valence-corrected chi connectivity index (χ1v) is 10.5. The number of benzene rings is 1. The molecule has 3 aliphatic rings. The van der Waals surface area contributed by atoms with Gasteiger partial charge in [-0.3, -0.25) is 4.79 Å². The fraction of sp³-hybridized carbons (Fsp3) is 0.375. The van der Waals surface area contributed by atoms with Gasteiger partial charge in [-0.25, -0.2) is 0 Å². The maximum absolute atomic E-state index is 13.5. The SMILES string of the molecule is CC[C@]1(c2cccc(-c3ccnnc3)c2)C2=CN=NC2NC2=C1C(=O)CC(C)(C)C2. The number of fused-ring (bicyclic) bond motifs is 1. The van der Waals surface area contributed by atoms with Crippen LogP contribution in [0.2, 0.25) is 0 Å². The van der Waals surface area contributed by atoms with Crippen LogP contribution in [0, 0.1) is 5.41 Å². The molecule has 0 fully saturated rings. The molecule has 0 amide bonds. The number of nitrogens with one attached hydrogen (secondary N) is 1. The van der Waals surface area contributed by atoms with E-state index in [4.69, 9.17) is 0 Å². The van der Waals surface area contributed by atoms with Gasteiger partial charge >= 0.3 is 0 Å².